The predicted octanol–water partition coefficient (Wildman–Crippen LogP) is 3.12. The zero-order valence-electron chi connectivity index (χ0n) is 15.6. The van der Waals surface area contributed by atoms with Crippen molar-refractivity contribution >= 4 is 5.91 Å². The summed E-state index contributed by atoms with van der Waals surface area (Å²) in [6.45, 7) is 9.42. The number of amides is 1. The van der Waals surface area contributed by atoms with Gasteiger partial charge in [-0.3, -0.25) is 4.79 Å². The summed E-state index contributed by atoms with van der Waals surface area (Å²) in [6, 6.07) is 7.93. The smallest absolute Gasteiger partial charge is 0.220 e. The molecule has 0 spiro atoms. The molecule has 0 aliphatic carbocycles. The number of carbonyl (C=O) groups is 1. The van der Waals surface area contributed by atoms with E-state index in [4.69, 9.17) is 0 Å². The molecule has 2 rings (SSSR count). The first-order valence-corrected chi connectivity index (χ1v) is 8.80. The molecule has 5 heteroatoms. The summed E-state index contributed by atoms with van der Waals surface area (Å²) in [6.07, 6.45) is 4.18. The Bertz CT molecular complexity index is 684. The molecule has 0 radical (unpaired) electrons. The van der Waals surface area contributed by atoms with Crippen LogP contribution in [0.25, 0.3) is 0 Å². The minimum Gasteiger partial charge on any atom is -0.387 e. The molecule has 1 heterocycles. The third kappa shape index (κ3) is 5.71. The van der Waals surface area contributed by atoms with Gasteiger partial charge in [-0.15, -0.1) is 0 Å². The van der Waals surface area contributed by atoms with Crippen LogP contribution in [0.2, 0.25) is 0 Å². The second-order valence-corrected chi connectivity index (χ2v) is 7.46. The van der Waals surface area contributed by atoms with E-state index in [0.717, 1.165) is 24.4 Å². The quantitative estimate of drug-likeness (QED) is 0.812. The van der Waals surface area contributed by atoms with Crippen molar-refractivity contribution < 1.29 is 9.90 Å². The SMILES string of the molecule is Cc1nccn1CCCC(=O)NC[C@@H](O)c1ccc(C(C)(C)C)cc1. The highest BCUT2D eigenvalue weighted by Crippen LogP contribution is 2.23. The molecular formula is C20H29N3O2. The van der Waals surface area contributed by atoms with Crippen LogP contribution in [0.15, 0.2) is 36.7 Å². The fourth-order valence-corrected chi connectivity index (χ4v) is 2.67. The molecule has 1 aromatic carbocycles. The number of hydrogen-bond donors (Lipinski definition) is 2. The van der Waals surface area contributed by atoms with Crippen molar-refractivity contribution in [2.75, 3.05) is 6.54 Å². The zero-order chi connectivity index (χ0) is 18.4. The Labute approximate surface area is 150 Å². The van der Waals surface area contributed by atoms with Gasteiger partial charge in [0.25, 0.3) is 0 Å². The highest BCUT2D eigenvalue weighted by molar-refractivity contribution is 5.75. The lowest BCUT2D eigenvalue weighted by Crippen LogP contribution is -2.28. The van der Waals surface area contributed by atoms with Gasteiger partial charge in [-0.1, -0.05) is 45.0 Å². The fourth-order valence-electron chi connectivity index (χ4n) is 2.67. The minimum atomic E-state index is -0.686. The predicted molar refractivity (Wildman–Crippen MR) is 99.3 cm³/mol. The topological polar surface area (TPSA) is 67.2 Å². The summed E-state index contributed by atoms with van der Waals surface area (Å²) in [5.41, 5.74) is 2.13. The molecule has 2 N–H and O–H groups in total. The molecule has 0 bridgehead atoms. The molecule has 1 atom stereocenters. The molecule has 25 heavy (non-hydrogen) atoms. The molecule has 0 fully saturated rings. The first-order chi connectivity index (χ1) is 11.8. The number of aromatic nitrogens is 2. The molecule has 0 saturated carbocycles. The normalized spacial score (nSPS) is 12.8. The van der Waals surface area contributed by atoms with E-state index < -0.39 is 6.10 Å². The molecule has 1 amide bonds. The van der Waals surface area contributed by atoms with Gasteiger partial charge in [-0.2, -0.15) is 0 Å². The van der Waals surface area contributed by atoms with Crippen molar-refractivity contribution in [2.45, 2.75) is 58.6 Å². The van der Waals surface area contributed by atoms with E-state index in [1.165, 1.54) is 5.56 Å². The van der Waals surface area contributed by atoms with E-state index in [-0.39, 0.29) is 17.9 Å². The number of imidazole rings is 1. The van der Waals surface area contributed by atoms with Crippen LogP contribution in [0.3, 0.4) is 0 Å². The lowest BCUT2D eigenvalue weighted by atomic mass is 9.86. The number of nitrogens with zero attached hydrogens (tertiary/aromatic N) is 2. The number of aliphatic hydroxyl groups is 1. The number of nitrogens with one attached hydrogen (secondary N) is 1. The Kier molecular flexibility index (Phi) is 6.37. The molecule has 0 saturated heterocycles. The number of benzene rings is 1. The van der Waals surface area contributed by atoms with Crippen LogP contribution in [-0.4, -0.2) is 27.1 Å². The maximum atomic E-state index is 11.9. The molecule has 5 nitrogen and oxygen atoms in total. The van der Waals surface area contributed by atoms with Gasteiger partial charge in [0.05, 0.1) is 6.10 Å². The number of aliphatic hydroxyl groups excluding tert-OH is 1. The van der Waals surface area contributed by atoms with Gasteiger partial charge in [0, 0.05) is 31.9 Å². The first kappa shape index (κ1) is 19.2. The summed E-state index contributed by atoms with van der Waals surface area (Å²) in [5.74, 6) is 0.915. The maximum absolute atomic E-state index is 11.9. The van der Waals surface area contributed by atoms with Crippen molar-refractivity contribution in [1.29, 1.82) is 0 Å². The van der Waals surface area contributed by atoms with E-state index in [2.05, 4.69) is 31.1 Å². The van der Waals surface area contributed by atoms with Gasteiger partial charge >= 0.3 is 0 Å². The highest BCUT2D eigenvalue weighted by atomic mass is 16.3. The molecular weight excluding hydrogens is 314 g/mol. The Morgan fingerprint density at radius 2 is 1.96 bits per heavy atom. The molecule has 136 valence electrons. The Morgan fingerprint density at radius 1 is 1.28 bits per heavy atom. The summed E-state index contributed by atoms with van der Waals surface area (Å²) in [7, 11) is 0. The second kappa shape index (κ2) is 8.30. The first-order valence-electron chi connectivity index (χ1n) is 8.80. The average molecular weight is 343 g/mol. The molecule has 0 unspecified atom stereocenters. The molecule has 0 aliphatic heterocycles. The third-order valence-corrected chi connectivity index (χ3v) is 4.38. The molecule has 1 aromatic heterocycles. The number of rotatable bonds is 7. The van der Waals surface area contributed by atoms with Crippen LogP contribution < -0.4 is 5.32 Å². The van der Waals surface area contributed by atoms with Crippen LogP contribution in [0.1, 0.15) is 56.7 Å². The lowest BCUT2D eigenvalue weighted by molar-refractivity contribution is -0.121. The van der Waals surface area contributed by atoms with Gasteiger partial charge in [0.2, 0.25) is 5.91 Å². The minimum absolute atomic E-state index is 0.0388. The van der Waals surface area contributed by atoms with Crippen LogP contribution in [-0.2, 0) is 16.8 Å². The largest absolute Gasteiger partial charge is 0.387 e. The number of aryl methyl sites for hydroxylation is 2. The van der Waals surface area contributed by atoms with Crippen molar-refractivity contribution in [1.82, 2.24) is 14.9 Å². The zero-order valence-corrected chi connectivity index (χ0v) is 15.6. The van der Waals surface area contributed by atoms with E-state index in [0.29, 0.717) is 6.42 Å². The van der Waals surface area contributed by atoms with Gasteiger partial charge < -0.3 is 15.0 Å². The highest BCUT2D eigenvalue weighted by Gasteiger charge is 2.15. The number of hydrogen-bond acceptors (Lipinski definition) is 3. The lowest BCUT2D eigenvalue weighted by Gasteiger charge is -2.20. The van der Waals surface area contributed by atoms with Crippen LogP contribution >= 0.6 is 0 Å². The van der Waals surface area contributed by atoms with E-state index >= 15 is 0 Å². The van der Waals surface area contributed by atoms with Gasteiger partial charge in [-0.05, 0) is 29.9 Å². The van der Waals surface area contributed by atoms with Crippen molar-refractivity contribution in [2.24, 2.45) is 0 Å². The van der Waals surface area contributed by atoms with Gasteiger partial charge in [-0.25, -0.2) is 4.98 Å². The Hall–Kier alpha value is -2.14. The maximum Gasteiger partial charge on any atom is 0.220 e. The van der Waals surface area contributed by atoms with Gasteiger partial charge in [0.15, 0.2) is 0 Å². The summed E-state index contributed by atoms with van der Waals surface area (Å²) < 4.78 is 2.03. The Balaban J connectivity index is 1.74. The average Bonchev–Trinajstić information content (AvgIpc) is 2.97. The van der Waals surface area contributed by atoms with E-state index in [1.807, 2.05) is 42.0 Å². The summed E-state index contributed by atoms with van der Waals surface area (Å²) in [5, 5.41) is 13.1. The van der Waals surface area contributed by atoms with Crippen molar-refractivity contribution in [3.63, 3.8) is 0 Å². The molecule has 2 aromatic rings. The summed E-state index contributed by atoms with van der Waals surface area (Å²) in [4.78, 5) is 16.1. The van der Waals surface area contributed by atoms with E-state index in [9.17, 15) is 9.90 Å². The standard InChI is InChI=1S/C20H29N3O2/c1-15-21-11-13-23(15)12-5-6-19(25)22-14-18(24)16-7-9-17(10-8-16)20(2,3)4/h7-11,13,18,24H,5-6,12,14H2,1-4H3,(H,22,25)/t18-/m1/s1. The van der Waals surface area contributed by atoms with Crippen molar-refractivity contribution in [3.8, 4) is 0 Å². The second-order valence-electron chi connectivity index (χ2n) is 7.46. The van der Waals surface area contributed by atoms with E-state index in [1.54, 1.807) is 6.20 Å². The number of carbonyl (C=O) groups excluding carboxylic acids is 1. The third-order valence-electron chi connectivity index (χ3n) is 4.38. The monoisotopic (exact) mass is 343 g/mol. The Morgan fingerprint density at radius 3 is 2.52 bits per heavy atom. The van der Waals surface area contributed by atoms with Crippen molar-refractivity contribution in [3.05, 3.63) is 53.6 Å². The van der Waals surface area contributed by atoms with Crippen LogP contribution in [0, 0.1) is 6.92 Å². The van der Waals surface area contributed by atoms with Crippen LogP contribution in [0.5, 0.6) is 0 Å². The molecule has 0 aliphatic rings. The fraction of sp³-hybridized carbons (Fsp3) is 0.500. The summed E-state index contributed by atoms with van der Waals surface area (Å²) >= 11 is 0. The van der Waals surface area contributed by atoms with Crippen LogP contribution in [0.4, 0.5) is 0 Å². The van der Waals surface area contributed by atoms with Gasteiger partial charge in [0.1, 0.15) is 5.82 Å².